The van der Waals surface area contributed by atoms with Crippen LogP contribution in [0.4, 0.5) is 11.4 Å². The fraction of sp³-hybridized carbons (Fsp3) is 0.294. The van der Waals surface area contributed by atoms with Crippen molar-refractivity contribution in [1.82, 2.24) is 0 Å². The largest absolute Gasteiger partial charge is 0.382 e. The number of hydrogen-bond donors (Lipinski definition) is 1. The molecule has 2 aromatic carbocycles. The number of aryl methyl sites for hydroxylation is 1. The molecule has 0 amide bonds. The SMILES string of the molecule is Brc1ccccc1NCCN1CCCc2ccccc21. The van der Waals surface area contributed by atoms with Gasteiger partial charge in [0.15, 0.2) is 0 Å². The first kappa shape index (κ1) is 13.5. The van der Waals surface area contributed by atoms with Gasteiger partial charge in [-0.25, -0.2) is 0 Å². The molecule has 2 nitrogen and oxygen atoms in total. The third-order valence-corrected chi connectivity index (χ3v) is 4.47. The molecule has 104 valence electrons. The molecular formula is C17H19BrN2. The molecule has 0 spiro atoms. The van der Waals surface area contributed by atoms with Gasteiger partial charge >= 0.3 is 0 Å². The monoisotopic (exact) mass is 330 g/mol. The van der Waals surface area contributed by atoms with Crippen LogP contribution in [0.25, 0.3) is 0 Å². The van der Waals surface area contributed by atoms with Crippen molar-refractivity contribution < 1.29 is 0 Å². The summed E-state index contributed by atoms with van der Waals surface area (Å²) in [5, 5.41) is 3.50. The third-order valence-electron chi connectivity index (χ3n) is 3.78. The van der Waals surface area contributed by atoms with Crippen molar-refractivity contribution in [3.63, 3.8) is 0 Å². The highest BCUT2D eigenvalue weighted by molar-refractivity contribution is 9.10. The van der Waals surface area contributed by atoms with E-state index in [2.05, 4.69) is 68.6 Å². The molecule has 0 radical (unpaired) electrons. The van der Waals surface area contributed by atoms with Crippen LogP contribution in [0.3, 0.4) is 0 Å². The first-order valence-corrected chi connectivity index (χ1v) is 7.95. The molecule has 0 unspecified atom stereocenters. The average molecular weight is 331 g/mol. The minimum atomic E-state index is 0.955. The van der Waals surface area contributed by atoms with Crippen LogP contribution >= 0.6 is 15.9 Å². The highest BCUT2D eigenvalue weighted by Crippen LogP contribution is 2.26. The van der Waals surface area contributed by atoms with Gasteiger partial charge in [0.25, 0.3) is 0 Å². The highest BCUT2D eigenvalue weighted by Gasteiger charge is 2.15. The van der Waals surface area contributed by atoms with E-state index < -0.39 is 0 Å². The molecule has 1 aliphatic rings. The number of halogens is 1. The molecule has 1 aliphatic heterocycles. The summed E-state index contributed by atoms with van der Waals surface area (Å²) < 4.78 is 1.12. The zero-order valence-corrected chi connectivity index (χ0v) is 13.1. The molecule has 0 saturated carbocycles. The van der Waals surface area contributed by atoms with E-state index in [0.717, 1.165) is 29.8 Å². The van der Waals surface area contributed by atoms with E-state index in [-0.39, 0.29) is 0 Å². The van der Waals surface area contributed by atoms with Crippen molar-refractivity contribution in [2.24, 2.45) is 0 Å². The van der Waals surface area contributed by atoms with Gasteiger partial charge in [-0.15, -0.1) is 0 Å². The van der Waals surface area contributed by atoms with Gasteiger partial charge in [0, 0.05) is 35.5 Å². The van der Waals surface area contributed by atoms with Crippen molar-refractivity contribution in [2.75, 3.05) is 29.9 Å². The number of rotatable bonds is 4. The van der Waals surface area contributed by atoms with E-state index in [1.807, 2.05) is 6.07 Å². The molecular weight excluding hydrogens is 312 g/mol. The summed E-state index contributed by atoms with van der Waals surface area (Å²) in [6.07, 6.45) is 2.47. The second-order valence-electron chi connectivity index (χ2n) is 5.13. The first-order chi connectivity index (χ1) is 9.84. The van der Waals surface area contributed by atoms with Gasteiger partial charge < -0.3 is 10.2 Å². The normalized spacial score (nSPS) is 13.9. The minimum absolute atomic E-state index is 0.955. The van der Waals surface area contributed by atoms with E-state index in [1.165, 1.54) is 24.1 Å². The number of nitrogens with zero attached hydrogens (tertiary/aromatic N) is 1. The van der Waals surface area contributed by atoms with Crippen LogP contribution < -0.4 is 10.2 Å². The van der Waals surface area contributed by atoms with E-state index in [9.17, 15) is 0 Å². The summed E-state index contributed by atoms with van der Waals surface area (Å²) in [4.78, 5) is 2.49. The molecule has 0 atom stereocenters. The Morgan fingerprint density at radius 1 is 1.05 bits per heavy atom. The van der Waals surface area contributed by atoms with E-state index in [1.54, 1.807) is 0 Å². The number of nitrogens with one attached hydrogen (secondary N) is 1. The lowest BCUT2D eigenvalue weighted by molar-refractivity contribution is 0.698. The summed E-state index contributed by atoms with van der Waals surface area (Å²) in [5.41, 5.74) is 4.06. The third kappa shape index (κ3) is 2.98. The lowest BCUT2D eigenvalue weighted by Crippen LogP contribution is -2.33. The first-order valence-electron chi connectivity index (χ1n) is 7.16. The fourth-order valence-electron chi connectivity index (χ4n) is 2.77. The topological polar surface area (TPSA) is 15.3 Å². The average Bonchev–Trinajstić information content (AvgIpc) is 2.49. The fourth-order valence-corrected chi connectivity index (χ4v) is 3.20. The number of para-hydroxylation sites is 2. The predicted molar refractivity (Wildman–Crippen MR) is 89.6 cm³/mol. The summed E-state index contributed by atoms with van der Waals surface area (Å²) >= 11 is 3.57. The maximum absolute atomic E-state index is 3.57. The van der Waals surface area contributed by atoms with Crippen LogP contribution in [0, 0.1) is 0 Å². The molecule has 0 aromatic heterocycles. The summed E-state index contributed by atoms with van der Waals surface area (Å²) in [6.45, 7) is 3.16. The van der Waals surface area contributed by atoms with Gasteiger partial charge in [-0.2, -0.15) is 0 Å². The second-order valence-corrected chi connectivity index (χ2v) is 5.98. The standard InChI is InChI=1S/C17H19BrN2/c18-15-8-2-3-9-16(15)19-11-13-20-12-5-7-14-6-1-4-10-17(14)20/h1-4,6,8-10,19H,5,7,11-13H2. The van der Waals surface area contributed by atoms with Gasteiger partial charge in [-0.1, -0.05) is 30.3 Å². The van der Waals surface area contributed by atoms with Crippen LogP contribution in [-0.4, -0.2) is 19.6 Å². The number of hydrogen-bond acceptors (Lipinski definition) is 2. The summed E-state index contributed by atoms with van der Waals surface area (Å²) in [7, 11) is 0. The van der Waals surface area contributed by atoms with Crippen molar-refractivity contribution in [3.8, 4) is 0 Å². The Kier molecular flexibility index (Phi) is 4.26. The van der Waals surface area contributed by atoms with E-state index >= 15 is 0 Å². The number of benzene rings is 2. The van der Waals surface area contributed by atoms with Crippen molar-refractivity contribution >= 4 is 27.3 Å². The zero-order valence-electron chi connectivity index (χ0n) is 11.5. The molecule has 0 saturated heterocycles. The van der Waals surface area contributed by atoms with Crippen LogP contribution in [0.2, 0.25) is 0 Å². The smallest absolute Gasteiger partial charge is 0.0485 e. The minimum Gasteiger partial charge on any atom is -0.382 e. The lowest BCUT2D eigenvalue weighted by atomic mass is 10.0. The summed E-state index contributed by atoms with van der Waals surface area (Å²) in [5.74, 6) is 0. The van der Waals surface area contributed by atoms with Crippen LogP contribution in [0.5, 0.6) is 0 Å². The quantitative estimate of drug-likeness (QED) is 0.898. The lowest BCUT2D eigenvalue weighted by Gasteiger charge is -2.31. The number of anilines is 2. The van der Waals surface area contributed by atoms with Gasteiger partial charge in [-0.05, 0) is 52.5 Å². The molecule has 3 rings (SSSR count). The zero-order chi connectivity index (χ0) is 13.8. The molecule has 20 heavy (non-hydrogen) atoms. The van der Waals surface area contributed by atoms with Gasteiger partial charge in [0.1, 0.15) is 0 Å². The Bertz CT molecular complexity index is 583. The maximum Gasteiger partial charge on any atom is 0.0485 e. The van der Waals surface area contributed by atoms with E-state index in [0.29, 0.717) is 0 Å². The van der Waals surface area contributed by atoms with E-state index in [4.69, 9.17) is 0 Å². The molecule has 0 bridgehead atoms. The molecule has 3 heteroatoms. The Morgan fingerprint density at radius 3 is 2.75 bits per heavy atom. The molecule has 0 aliphatic carbocycles. The highest BCUT2D eigenvalue weighted by atomic mass is 79.9. The van der Waals surface area contributed by atoms with Gasteiger partial charge in [0.05, 0.1) is 0 Å². The van der Waals surface area contributed by atoms with Crippen molar-refractivity contribution in [1.29, 1.82) is 0 Å². The van der Waals surface area contributed by atoms with Crippen LogP contribution in [0.1, 0.15) is 12.0 Å². The second kappa shape index (κ2) is 6.31. The van der Waals surface area contributed by atoms with Crippen molar-refractivity contribution in [3.05, 3.63) is 58.6 Å². The molecule has 1 heterocycles. The molecule has 1 N–H and O–H groups in total. The van der Waals surface area contributed by atoms with Crippen LogP contribution in [0.15, 0.2) is 53.0 Å². The predicted octanol–water partition coefficient (Wildman–Crippen LogP) is 4.31. The van der Waals surface area contributed by atoms with Gasteiger partial charge in [-0.3, -0.25) is 0 Å². The Hall–Kier alpha value is -1.48. The Labute approximate surface area is 128 Å². The Morgan fingerprint density at radius 2 is 1.85 bits per heavy atom. The number of fused-ring (bicyclic) bond motifs is 1. The summed E-state index contributed by atoms with van der Waals surface area (Å²) in [6, 6.07) is 17.0. The maximum atomic E-state index is 3.57. The Balaban J connectivity index is 1.61. The van der Waals surface area contributed by atoms with Crippen LogP contribution in [-0.2, 0) is 6.42 Å². The van der Waals surface area contributed by atoms with Gasteiger partial charge in [0.2, 0.25) is 0 Å². The van der Waals surface area contributed by atoms with Crippen molar-refractivity contribution in [2.45, 2.75) is 12.8 Å². The molecule has 0 fully saturated rings. The molecule has 2 aromatic rings.